The minimum atomic E-state index is -4.41. The number of hydrogen-bond acceptors (Lipinski definition) is 5. The highest BCUT2D eigenvalue weighted by molar-refractivity contribution is 5.32. The molecule has 1 aliphatic rings. The third-order valence-electron chi connectivity index (χ3n) is 6.84. The lowest BCUT2D eigenvalue weighted by atomic mass is 9.76. The molecular weight excluding hydrogens is 445 g/mol. The Labute approximate surface area is 196 Å². The summed E-state index contributed by atoms with van der Waals surface area (Å²) in [6.07, 6.45) is -0.463. The van der Waals surface area contributed by atoms with Gasteiger partial charge in [0.05, 0.1) is 36.0 Å². The van der Waals surface area contributed by atoms with Gasteiger partial charge in [0.15, 0.2) is 0 Å². The quantitative estimate of drug-likeness (QED) is 0.533. The van der Waals surface area contributed by atoms with E-state index in [2.05, 4.69) is 15.5 Å². The number of ether oxygens (including phenoxy) is 1. The van der Waals surface area contributed by atoms with E-state index in [1.165, 1.54) is 0 Å². The van der Waals surface area contributed by atoms with Crippen LogP contribution in [-0.4, -0.2) is 39.6 Å². The summed E-state index contributed by atoms with van der Waals surface area (Å²) in [4.78, 5) is 0. The molecule has 4 rings (SSSR count). The number of aryl methyl sites for hydroxylation is 1. The number of alkyl halides is 3. The van der Waals surface area contributed by atoms with Crippen molar-refractivity contribution < 1.29 is 23.0 Å². The van der Waals surface area contributed by atoms with Gasteiger partial charge in [-0.2, -0.15) is 13.2 Å². The standard InChI is InChI=1S/C25H29F3N4O2/c1-18-10-20(12-22(11-18)25(26,27)28)19(2)34-15-24(21-6-4-3-5-7-21)9-8-23(14-33,13-29-24)32-16-30-31-17-32/h3-7,10-12,16-17,19,29,33H,8-9,13-15H2,1-2H3/t19-,23+,24-/m0/s1. The molecule has 1 aromatic heterocycles. The van der Waals surface area contributed by atoms with E-state index in [4.69, 9.17) is 4.74 Å². The number of benzene rings is 2. The van der Waals surface area contributed by atoms with Gasteiger partial charge >= 0.3 is 6.18 Å². The van der Waals surface area contributed by atoms with Crippen LogP contribution in [0.3, 0.4) is 0 Å². The van der Waals surface area contributed by atoms with E-state index in [1.54, 1.807) is 32.6 Å². The number of nitrogens with zero attached hydrogens (tertiary/aromatic N) is 3. The summed E-state index contributed by atoms with van der Waals surface area (Å²) >= 11 is 0. The van der Waals surface area contributed by atoms with Crippen molar-refractivity contribution in [3.05, 3.63) is 83.4 Å². The molecule has 9 heteroatoms. The second-order valence-electron chi connectivity index (χ2n) is 9.14. The Hall–Kier alpha value is -2.75. The van der Waals surface area contributed by atoms with Crippen molar-refractivity contribution in [1.82, 2.24) is 20.1 Å². The first-order valence-corrected chi connectivity index (χ1v) is 11.2. The SMILES string of the molecule is Cc1cc([C@H](C)OC[C@]2(c3ccccc3)CC[C@@](CO)(n3cnnc3)CN2)cc(C(F)(F)F)c1. The fourth-order valence-electron chi connectivity index (χ4n) is 4.62. The molecule has 2 heterocycles. The zero-order valence-electron chi connectivity index (χ0n) is 19.2. The van der Waals surface area contributed by atoms with Crippen molar-refractivity contribution in [3.63, 3.8) is 0 Å². The van der Waals surface area contributed by atoms with Gasteiger partial charge in [-0.1, -0.05) is 42.0 Å². The van der Waals surface area contributed by atoms with Gasteiger partial charge in [-0.05, 0) is 49.9 Å². The van der Waals surface area contributed by atoms with Gasteiger partial charge in [0, 0.05) is 6.54 Å². The summed E-state index contributed by atoms with van der Waals surface area (Å²) in [5.74, 6) is 0. The van der Waals surface area contributed by atoms with E-state index < -0.39 is 28.9 Å². The van der Waals surface area contributed by atoms with E-state index in [0.29, 0.717) is 30.5 Å². The minimum absolute atomic E-state index is 0.0797. The Morgan fingerprint density at radius 2 is 1.82 bits per heavy atom. The lowest BCUT2D eigenvalue weighted by molar-refractivity contribution is -0.137. The van der Waals surface area contributed by atoms with Crippen LogP contribution in [0.1, 0.15) is 48.1 Å². The summed E-state index contributed by atoms with van der Waals surface area (Å²) in [5.41, 5.74) is 0.242. The van der Waals surface area contributed by atoms with Crippen molar-refractivity contribution in [1.29, 1.82) is 0 Å². The van der Waals surface area contributed by atoms with Crippen LogP contribution in [0.2, 0.25) is 0 Å². The lowest BCUT2D eigenvalue weighted by Crippen LogP contribution is -2.60. The van der Waals surface area contributed by atoms with Crippen molar-refractivity contribution in [2.45, 2.75) is 50.0 Å². The van der Waals surface area contributed by atoms with E-state index >= 15 is 0 Å². The molecule has 0 unspecified atom stereocenters. The maximum absolute atomic E-state index is 13.3. The summed E-state index contributed by atoms with van der Waals surface area (Å²) < 4.78 is 48.0. The second-order valence-corrected chi connectivity index (χ2v) is 9.14. The number of rotatable bonds is 7. The average Bonchev–Trinajstić information content (AvgIpc) is 3.38. The van der Waals surface area contributed by atoms with Crippen molar-refractivity contribution in [2.75, 3.05) is 19.8 Å². The Kier molecular flexibility index (Phi) is 6.80. The van der Waals surface area contributed by atoms with Crippen LogP contribution in [-0.2, 0) is 22.0 Å². The van der Waals surface area contributed by atoms with Crippen LogP contribution in [0.25, 0.3) is 0 Å². The molecule has 6 nitrogen and oxygen atoms in total. The third kappa shape index (κ3) is 4.87. The van der Waals surface area contributed by atoms with Crippen molar-refractivity contribution in [2.24, 2.45) is 0 Å². The number of aliphatic hydroxyl groups is 1. The highest BCUT2D eigenvalue weighted by Gasteiger charge is 2.45. The average molecular weight is 475 g/mol. The molecule has 3 aromatic rings. The molecule has 0 bridgehead atoms. The van der Waals surface area contributed by atoms with Gasteiger partial charge in [-0.3, -0.25) is 0 Å². The predicted molar refractivity (Wildman–Crippen MR) is 121 cm³/mol. The van der Waals surface area contributed by atoms with Crippen LogP contribution < -0.4 is 5.32 Å². The molecule has 3 atom stereocenters. The molecule has 2 aromatic carbocycles. The van der Waals surface area contributed by atoms with Gasteiger partial charge in [0.1, 0.15) is 12.7 Å². The number of halogens is 3. The minimum Gasteiger partial charge on any atom is -0.394 e. The maximum atomic E-state index is 13.3. The number of aromatic nitrogens is 3. The van der Waals surface area contributed by atoms with Crippen LogP contribution >= 0.6 is 0 Å². The van der Waals surface area contributed by atoms with Gasteiger partial charge in [0.2, 0.25) is 0 Å². The van der Waals surface area contributed by atoms with Gasteiger partial charge in [-0.15, -0.1) is 10.2 Å². The highest BCUT2D eigenvalue weighted by Crippen LogP contribution is 2.39. The maximum Gasteiger partial charge on any atom is 0.416 e. The largest absolute Gasteiger partial charge is 0.416 e. The zero-order chi connectivity index (χ0) is 24.4. The topological polar surface area (TPSA) is 72.2 Å². The normalized spacial score (nSPS) is 24.2. The number of aliphatic hydroxyl groups excluding tert-OH is 1. The Bertz CT molecular complexity index is 1080. The number of nitrogens with one attached hydrogen (secondary N) is 1. The highest BCUT2D eigenvalue weighted by atomic mass is 19.4. The summed E-state index contributed by atoms with van der Waals surface area (Å²) in [5, 5.41) is 21.5. The second kappa shape index (κ2) is 9.48. The first kappa shape index (κ1) is 24.4. The number of hydrogen-bond donors (Lipinski definition) is 2. The van der Waals surface area contributed by atoms with Gasteiger partial charge in [0.25, 0.3) is 0 Å². The van der Waals surface area contributed by atoms with E-state index in [-0.39, 0.29) is 13.2 Å². The van der Waals surface area contributed by atoms with E-state index in [9.17, 15) is 18.3 Å². The fourth-order valence-corrected chi connectivity index (χ4v) is 4.62. The number of piperidine rings is 1. The molecule has 182 valence electrons. The predicted octanol–water partition coefficient (Wildman–Crippen LogP) is 4.35. The van der Waals surface area contributed by atoms with Crippen LogP contribution in [0.15, 0.2) is 61.2 Å². The van der Waals surface area contributed by atoms with Gasteiger partial charge < -0.3 is 19.7 Å². The smallest absolute Gasteiger partial charge is 0.394 e. The summed E-state index contributed by atoms with van der Waals surface area (Å²) in [6.45, 7) is 4.06. The first-order valence-electron chi connectivity index (χ1n) is 11.2. The van der Waals surface area contributed by atoms with Crippen LogP contribution in [0.4, 0.5) is 13.2 Å². The molecule has 0 amide bonds. The molecule has 0 aliphatic carbocycles. The first-order chi connectivity index (χ1) is 16.2. The fraction of sp³-hybridized carbons (Fsp3) is 0.440. The molecule has 1 saturated heterocycles. The van der Waals surface area contributed by atoms with Crippen molar-refractivity contribution >= 4 is 0 Å². The molecular formula is C25H29F3N4O2. The molecule has 0 spiro atoms. The molecule has 0 radical (unpaired) electrons. The molecule has 34 heavy (non-hydrogen) atoms. The van der Waals surface area contributed by atoms with Gasteiger partial charge in [-0.25, -0.2) is 0 Å². The molecule has 1 fully saturated rings. The third-order valence-corrected chi connectivity index (χ3v) is 6.84. The van der Waals surface area contributed by atoms with Crippen LogP contribution in [0, 0.1) is 6.92 Å². The lowest BCUT2D eigenvalue weighted by Gasteiger charge is -2.47. The Morgan fingerprint density at radius 1 is 1.12 bits per heavy atom. The van der Waals surface area contributed by atoms with Crippen LogP contribution in [0.5, 0.6) is 0 Å². The monoisotopic (exact) mass is 474 g/mol. The molecule has 1 aliphatic heterocycles. The van der Waals surface area contributed by atoms with E-state index in [0.717, 1.165) is 17.7 Å². The summed E-state index contributed by atoms with van der Waals surface area (Å²) in [7, 11) is 0. The molecule has 0 saturated carbocycles. The Morgan fingerprint density at radius 3 is 2.41 bits per heavy atom. The van der Waals surface area contributed by atoms with E-state index in [1.807, 2.05) is 34.9 Å². The van der Waals surface area contributed by atoms with Crippen molar-refractivity contribution in [3.8, 4) is 0 Å². The summed E-state index contributed by atoms with van der Waals surface area (Å²) in [6, 6.07) is 13.9. The molecule has 2 N–H and O–H groups in total. The zero-order valence-corrected chi connectivity index (χ0v) is 19.2. The Balaban J connectivity index is 1.57.